The minimum Gasteiger partial charge on any atom is -0.481 e. The smallest absolute Gasteiger partial charge is 0.305 e. The summed E-state index contributed by atoms with van der Waals surface area (Å²) >= 11 is 0. The average Bonchev–Trinajstić information content (AvgIpc) is 2.26. The minimum atomic E-state index is -0.938. The fourth-order valence-corrected chi connectivity index (χ4v) is 2.06. The largest absolute Gasteiger partial charge is 0.481 e. The summed E-state index contributed by atoms with van der Waals surface area (Å²) in [6, 6.07) is 2.42. The molecule has 1 aromatic heterocycles. The van der Waals surface area contributed by atoms with Gasteiger partial charge in [-0.15, -0.1) is 0 Å². The monoisotopic (exact) mass is 252 g/mol. The van der Waals surface area contributed by atoms with Crippen LogP contribution in [0, 0.1) is 5.95 Å². The summed E-state index contributed by atoms with van der Waals surface area (Å²) in [5.41, 5.74) is -0.426. The lowest BCUT2D eigenvalue weighted by molar-refractivity contribution is -0.139. The van der Waals surface area contributed by atoms with E-state index in [-0.39, 0.29) is 12.0 Å². The van der Waals surface area contributed by atoms with Crippen LogP contribution in [0.2, 0.25) is 0 Å². The number of carbonyl (C=O) groups excluding carboxylic acids is 1. The predicted molar refractivity (Wildman–Crippen MR) is 60.5 cm³/mol. The van der Waals surface area contributed by atoms with Gasteiger partial charge >= 0.3 is 5.97 Å². The number of hydrogen-bond acceptors (Lipinski definition) is 3. The van der Waals surface area contributed by atoms with Crippen molar-refractivity contribution in [1.29, 1.82) is 0 Å². The molecule has 0 spiro atoms. The van der Waals surface area contributed by atoms with E-state index in [9.17, 15) is 14.0 Å². The van der Waals surface area contributed by atoms with Crippen LogP contribution >= 0.6 is 0 Å². The Balaban J connectivity index is 2.06. The zero-order chi connectivity index (χ0) is 13.2. The number of pyridine rings is 1. The van der Waals surface area contributed by atoms with Gasteiger partial charge in [-0.1, -0.05) is 0 Å². The number of nitrogens with zero attached hydrogens (tertiary/aromatic N) is 1. The molecular formula is C12H13FN2O3. The highest BCUT2D eigenvalue weighted by atomic mass is 19.1. The molecule has 5 nitrogen and oxygen atoms in total. The minimum absolute atomic E-state index is 0.0899. The van der Waals surface area contributed by atoms with Gasteiger partial charge in [0.2, 0.25) is 5.95 Å². The SMILES string of the molecule is O=C(O)CC1(NC(=O)c2ccc(F)nc2)CCC1. The molecule has 0 aromatic carbocycles. The Morgan fingerprint density at radius 3 is 2.61 bits per heavy atom. The number of carboxylic acid groups (broad SMARTS) is 1. The molecule has 96 valence electrons. The van der Waals surface area contributed by atoms with E-state index in [2.05, 4.69) is 10.3 Å². The Labute approximate surface area is 103 Å². The predicted octanol–water partition coefficient (Wildman–Crippen LogP) is 1.35. The number of rotatable bonds is 4. The van der Waals surface area contributed by atoms with Crippen LogP contribution < -0.4 is 5.32 Å². The van der Waals surface area contributed by atoms with E-state index in [1.807, 2.05) is 0 Å². The van der Waals surface area contributed by atoms with E-state index < -0.39 is 23.4 Å². The highest BCUT2D eigenvalue weighted by Crippen LogP contribution is 2.35. The molecule has 1 saturated carbocycles. The third-order valence-corrected chi connectivity index (χ3v) is 3.17. The Kier molecular flexibility index (Phi) is 3.27. The molecule has 1 aliphatic rings. The van der Waals surface area contributed by atoms with E-state index in [1.165, 1.54) is 6.07 Å². The zero-order valence-electron chi connectivity index (χ0n) is 9.65. The number of amides is 1. The Morgan fingerprint density at radius 1 is 1.44 bits per heavy atom. The van der Waals surface area contributed by atoms with Crippen molar-refractivity contribution in [2.45, 2.75) is 31.2 Å². The second-order valence-corrected chi connectivity index (χ2v) is 4.53. The molecule has 0 bridgehead atoms. The molecule has 1 heterocycles. The van der Waals surface area contributed by atoms with E-state index in [1.54, 1.807) is 0 Å². The summed E-state index contributed by atoms with van der Waals surface area (Å²) in [5, 5.41) is 11.5. The fourth-order valence-electron chi connectivity index (χ4n) is 2.06. The van der Waals surface area contributed by atoms with Crippen LogP contribution in [0.15, 0.2) is 18.3 Å². The van der Waals surface area contributed by atoms with E-state index in [0.717, 1.165) is 18.7 Å². The number of hydrogen-bond donors (Lipinski definition) is 2. The van der Waals surface area contributed by atoms with E-state index in [4.69, 9.17) is 5.11 Å². The Bertz CT molecular complexity index is 469. The third kappa shape index (κ3) is 2.64. The van der Waals surface area contributed by atoms with Gasteiger partial charge in [-0.25, -0.2) is 4.98 Å². The molecule has 0 saturated heterocycles. The second-order valence-electron chi connectivity index (χ2n) is 4.53. The number of nitrogens with one attached hydrogen (secondary N) is 1. The average molecular weight is 252 g/mol. The van der Waals surface area contributed by atoms with Crippen LogP contribution in [0.4, 0.5) is 4.39 Å². The van der Waals surface area contributed by atoms with Gasteiger partial charge in [0.05, 0.1) is 17.5 Å². The molecule has 18 heavy (non-hydrogen) atoms. The van der Waals surface area contributed by atoms with Crippen molar-refractivity contribution in [1.82, 2.24) is 10.3 Å². The molecule has 0 radical (unpaired) electrons. The van der Waals surface area contributed by atoms with Gasteiger partial charge in [-0.2, -0.15) is 4.39 Å². The van der Waals surface area contributed by atoms with Crippen LogP contribution in [0.3, 0.4) is 0 Å². The van der Waals surface area contributed by atoms with Gasteiger partial charge in [-0.05, 0) is 31.4 Å². The number of aliphatic carboxylic acids is 1. The van der Waals surface area contributed by atoms with E-state index >= 15 is 0 Å². The zero-order valence-corrected chi connectivity index (χ0v) is 9.65. The highest BCUT2D eigenvalue weighted by molar-refractivity contribution is 5.94. The van der Waals surface area contributed by atoms with Crippen LogP contribution in [0.25, 0.3) is 0 Å². The molecule has 6 heteroatoms. The quantitative estimate of drug-likeness (QED) is 0.793. The van der Waals surface area contributed by atoms with Gasteiger partial charge in [0.15, 0.2) is 0 Å². The van der Waals surface area contributed by atoms with Crippen LogP contribution in [0.1, 0.15) is 36.0 Å². The fraction of sp³-hybridized carbons (Fsp3) is 0.417. The summed E-state index contributed by atoms with van der Waals surface area (Å²) in [4.78, 5) is 26.0. The Hall–Kier alpha value is -1.98. The third-order valence-electron chi connectivity index (χ3n) is 3.17. The molecule has 0 unspecified atom stereocenters. The summed E-state index contributed by atoms with van der Waals surface area (Å²) < 4.78 is 12.6. The maximum atomic E-state index is 12.6. The van der Waals surface area contributed by atoms with Crippen molar-refractivity contribution in [2.75, 3.05) is 0 Å². The number of aromatic nitrogens is 1. The van der Waals surface area contributed by atoms with Gasteiger partial charge in [-0.3, -0.25) is 9.59 Å². The Morgan fingerprint density at radius 2 is 2.17 bits per heavy atom. The number of carboxylic acids is 1. The molecule has 2 N–H and O–H groups in total. The summed E-state index contributed by atoms with van der Waals surface area (Å²) in [6.07, 6.45) is 3.25. The second kappa shape index (κ2) is 4.72. The molecule has 1 fully saturated rings. The normalized spacial score (nSPS) is 16.7. The van der Waals surface area contributed by atoms with E-state index in [0.29, 0.717) is 12.8 Å². The maximum Gasteiger partial charge on any atom is 0.305 e. The van der Waals surface area contributed by atoms with Gasteiger partial charge < -0.3 is 10.4 Å². The van der Waals surface area contributed by atoms with Crippen molar-refractivity contribution < 1.29 is 19.1 Å². The van der Waals surface area contributed by atoms with Gasteiger partial charge in [0.1, 0.15) is 0 Å². The number of halogens is 1. The standard InChI is InChI=1S/C12H13FN2O3/c13-9-3-2-8(7-14-9)11(18)15-12(4-1-5-12)6-10(16)17/h2-3,7H,1,4-6H2,(H,15,18)(H,16,17). The number of carbonyl (C=O) groups is 2. The molecule has 0 atom stereocenters. The highest BCUT2D eigenvalue weighted by Gasteiger charge is 2.40. The molecule has 1 amide bonds. The maximum absolute atomic E-state index is 12.6. The first-order chi connectivity index (χ1) is 8.51. The first-order valence-electron chi connectivity index (χ1n) is 5.67. The lowest BCUT2D eigenvalue weighted by Gasteiger charge is -2.41. The van der Waals surface area contributed by atoms with Crippen LogP contribution in [-0.4, -0.2) is 27.5 Å². The molecule has 2 rings (SSSR count). The van der Waals surface area contributed by atoms with Crippen molar-refractivity contribution in [3.63, 3.8) is 0 Å². The molecular weight excluding hydrogens is 239 g/mol. The van der Waals surface area contributed by atoms with Crippen molar-refractivity contribution >= 4 is 11.9 Å². The first kappa shape index (κ1) is 12.5. The summed E-state index contributed by atoms with van der Waals surface area (Å²) in [5.74, 6) is -2.01. The van der Waals surface area contributed by atoms with Crippen molar-refractivity contribution in [3.05, 3.63) is 29.8 Å². The molecule has 1 aromatic rings. The lowest BCUT2D eigenvalue weighted by atomic mass is 9.74. The van der Waals surface area contributed by atoms with Crippen LogP contribution in [0.5, 0.6) is 0 Å². The van der Waals surface area contributed by atoms with Crippen molar-refractivity contribution in [2.24, 2.45) is 0 Å². The van der Waals surface area contributed by atoms with Crippen LogP contribution in [-0.2, 0) is 4.79 Å². The van der Waals surface area contributed by atoms with Crippen molar-refractivity contribution in [3.8, 4) is 0 Å². The lowest BCUT2D eigenvalue weighted by Crippen LogP contribution is -2.54. The van der Waals surface area contributed by atoms with Gasteiger partial charge in [0, 0.05) is 6.20 Å². The van der Waals surface area contributed by atoms with Gasteiger partial charge in [0.25, 0.3) is 5.91 Å². The molecule has 0 aliphatic heterocycles. The first-order valence-corrected chi connectivity index (χ1v) is 5.67. The molecule has 1 aliphatic carbocycles. The topological polar surface area (TPSA) is 79.3 Å². The summed E-state index contributed by atoms with van der Waals surface area (Å²) in [7, 11) is 0. The summed E-state index contributed by atoms with van der Waals surface area (Å²) in [6.45, 7) is 0.